The van der Waals surface area contributed by atoms with Gasteiger partial charge in [-0.05, 0) is 31.4 Å². The summed E-state index contributed by atoms with van der Waals surface area (Å²) >= 11 is 0. The number of rotatable bonds is 2. The Balaban J connectivity index is 1.74. The van der Waals surface area contributed by atoms with E-state index in [2.05, 4.69) is 19.9 Å². The highest BCUT2D eigenvalue weighted by atomic mass is 16.4. The average molecular weight is 270 g/mol. The molecular formula is C14H14N4O2. The number of carboxylic acid groups (broad SMARTS) is 1. The predicted octanol–water partition coefficient (Wildman–Crippen LogP) is 1.47. The van der Waals surface area contributed by atoms with E-state index in [0.29, 0.717) is 11.7 Å². The summed E-state index contributed by atoms with van der Waals surface area (Å²) in [4.78, 5) is 26.5. The smallest absolute Gasteiger partial charge is 0.308 e. The van der Waals surface area contributed by atoms with E-state index < -0.39 is 5.97 Å². The van der Waals surface area contributed by atoms with Gasteiger partial charge in [-0.15, -0.1) is 0 Å². The summed E-state index contributed by atoms with van der Waals surface area (Å²) in [6, 6.07) is 4.19. The van der Waals surface area contributed by atoms with Crippen LogP contribution in [-0.2, 0) is 4.79 Å². The molecule has 0 aromatic carbocycles. The first kappa shape index (κ1) is 11.6. The standard InChI is InChI=1S/C14H14N4O2/c19-14(20)9-7-8-1-3-11(9)18(8)12-4-2-10-13(17-12)16-6-5-15-10/h2,4-6,8-9,11H,1,3,7H2,(H,19,20). The van der Waals surface area contributed by atoms with Crippen molar-refractivity contribution < 1.29 is 9.90 Å². The monoisotopic (exact) mass is 270 g/mol. The molecule has 3 unspecified atom stereocenters. The molecule has 2 aliphatic heterocycles. The van der Waals surface area contributed by atoms with Gasteiger partial charge in [-0.3, -0.25) is 9.78 Å². The fourth-order valence-corrected chi connectivity index (χ4v) is 3.60. The molecule has 20 heavy (non-hydrogen) atoms. The summed E-state index contributed by atoms with van der Waals surface area (Å²) in [5.74, 6) is -0.134. The van der Waals surface area contributed by atoms with Crippen LogP contribution in [0.25, 0.3) is 11.2 Å². The maximum Gasteiger partial charge on any atom is 0.308 e. The molecule has 2 aromatic heterocycles. The molecule has 6 heteroatoms. The zero-order valence-electron chi connectivity index (χ0n) is 10.8. The van der Waals surface area contributed by atoms with Gasteiger partial charge in [0.1, 0.15) is 11.3 Å². The molecule has 0 radical (unpaired) electrons. The zero-order valence-corrected chi connectivity index (χ0v) is 10.8. The van der Waals surface area contributed by atoms with Gasteiger partial charge in [0, 0.05) is 24.5 Å². The van der Waals surface area contributed by atoms with Gasteiger partial charge in [0.2, 0.25) is 0 Å². The van der Waals surface area contributed by atoms with Crippen LogP contribution in [-0.4, -0.2) is 38.1 Å². The summed E-state index contributed by atoms with van der Waals surface area (Å²) in [5, 5.41) is 9.30. The van der Waals surface area contributed by atoms with Gasteiger partial charge in [-0.1, -0.05) is 0 Å². The third-order valence-corrected chi connectivity index (χ3v) is 4.44. The van der Waals surface area contributed by atoms with Gasteiger partial charge in [0.15, 0.2) is 5.65 Å². The molecule has 102 valence electrons. The third kappa shape index (κ3) is 1.57. The molecule has 0 aliphatic carbocycles. The Labute approximate surface area is 115 Å². The van der Waals surface area contributed by atoms with Crippen molar-refractivity contribution in [2.45, 2.75) is 31.3 Å². The first-order valence-electron chi connectivity index (χ1n) is 6.83. The van der Waals surface area contributed by atoms with Gasteiger partial charge < -0.3 is 10.0 Å². The summed E-state index contributed by atoms with van der Waals surface area (Å²) in [6.07, 6.45) is 5.97. The Morgan fingerprint density at radius 2 is 2.10 bits per heavy atom. The number of aliphatic carboxylic acids is 1. The topological polar surface area (TPSA) is 79.2 Å². The SMILES string of the molecule is O=C(O)C1CC2CCC1N2c1ccc2nccnc2n1. The number of pyridine rings is 1. The Bertz CT molecular complexity index is 690. The summed E-state index contributed by atoms with van der Waals surface area (Å²) < 4.78 is 0. The number of carbonyl (C=O) groups is 1. The fourth-order valence-electron chi connectivity index (χ4n) is 3.60. The van der Waals surface area contributed by atoms with Crippen LogP contribution in [0.4, 0.5) is 5.82 Å². The largest absolute Gasteiger partial charge is 0.481 e. The van der Waals surface area contributed by atoms with Gasteiger partial charge in [-0.25, -0.2) is 9.97 Å². The van der Waals surface area contributed by atoms with E-state index in [4.69, 9.17) is 0 Å². The van der Waals surface area contributed by atoms with Gasteiger partial charge >= 0.3 is 5.97 Å². The number of aromatic nitrogens is 3. The van der Waals surface area contributed by atoms with E-state index in [-0.39, 0.29) is 12.0 Å². The minimum atomic E-state index is -0.692. The maximum atomic E-state index is 11.3. The van der Waals surface area contributed by atoms with Crippen molar-refractivity contribution in [3.05, 3.63) is 24.5 Å². The molecule has 6 nitrogen and oxygen atoms in total. The highest BCUT2D eigenvalue weighted by Gasteiger charge is 2.49. The molecular weight excluding hydrogens is 256 g/mol. The van der Waals surface area contributed by atoms with E-state index >= 15 is 0 Å². The number of fused-ring (bicyclic) bond motifs is 3. The first-order valence-corrected chi connectivity index (χ1v) is 6.83. The molecule has 2 saturated heterocycles. The number of carboxylic acids is 1. The molecule has 3 atom stereocenters. The van der Waals surface area contributed by atoms with Crippen LogP contribution >= 0.6 is 0 Å². The zero-order chi connectivity index (χ0) is 13.7. The van der Waals surface area contributed by atoms with Crippen LogP contribution in [0.15, 0.2) is 24.5 Å². The summed E-state index contributed by atoms with van der Waals surface area (Å²) in [7, 11) is 0. The Kier molecular flexibility index (Phi) is 2.39. The van der Waals surface area contributed by atoms with Crippen LogP contribution in [0.1, 0.15) is 19.3 Å². The number of hydrogen-bond acceptors (Lipinski definition) is 5. The molecule has 0 saturated carbocycles. The number of hydrogen-bond donors (Lipinski definition) is 1. The lowest BCUT2D eigenvalue weighted by Crippen LogP contribution is -2.33. The van der Waals surface area contributed by atoms with E-state index in [0.717, 1.165) is 30.6 Å². The minimum absolute atomic E-state index is 0.0686. The second kappa shape index (κ2) is 4.13. The van der Waals surface area contributed by atoms with Crippen LogP contribution in [0.5, 0.6) is 0 Å². The molecule has 2 fully saturated rings. The Hall–Kier alpha value is -2.24. The quantitative estimate of drug-likeness (QED) is 0.890. The second-order valence-corrected chi connectivity index (χ2v) is 5.45. The first-order chi connectivity index (χ1) is 9.74. The van der Waals surface area contributed by atoms with Gasteiger partial charge in [0.05, 0.1) is 5.92 Å². The van der Waals surface area contributed by atoms with E-state index in [1.807, 2.05) is 12.1 Å². The maximum absolute atomic E-state index is 11.3. The van der Waals surface area contributed by atoms with Crippen molar-refractivity contribution in [1.29, 1.82) is 0 Å². The third-order valence-electron chi connectivity index (χ3n) is 4.44. The minimum Gasteiger partial charge on any atom is -0.481 e. The van der Waals surface area contributed by atoms with Crippen LogP contribution in [0, 0.1) is 5.92 Å². The van der Waals surface area contributed by atoms with E-state index in [9.17, 15) is 9.90 Å². The number of nitrogens with zero attached hydrogens (tertiary/aromatic N) is 4. The van der Waals surface area contributed by atoms with Crippen molar-refractivity contribution in [2.24, 2.45) is 5.92 Å². The Morgan fingerprint density at radius 3 is 2.90 bits per heavy atom. The Morgan fingerprint density at radius 1 is 1.25 bits per heavy atom. The molecule has 4 heterocycles. The van der Waals surface area contributed by atoms with Crippen LogP contribution < -0.4 is 4.90 Å². The number of anilines is 1. The van der Waals surface area contributed by atoms with Crippen LogP contribution in [0.2, 0.25) is 0 Å². The summed E-state index contributed by atoms with van der Waals surface area (Å²) in [6.45, 7) is 0. The van der Waals surface area contributed by atoms with E-state index in [1.165, 1.54) is 0 Å². The van der Waals surface area contributed by atoms with Crippen molar-refractivity contribution in [1.82, 2.24) is 15.0 Å². The van der Waals surface area contributed by atoms with Gasteiger partial charge in [-0.2, -0.15) is 0 Å². The second-order valence-electron chi connectivity index (χ2n) is 5.45. The van der Waals surface area contributed by atoms with Gasteiger partial charge in [0.25, 0.3) is 0 Å². The highest BCUT2D eigenvalue weighted by Crippen LogP contribution is 2.44. The lowest BCUT2D eigenvalue weighted by molar-refractivity contribution is -0.142. The van der Waals surface area contributed by atoms with Crippen molar-refractivity contribution >= 4 is 23.0 Å². The average Bonchev–Trinajstić information content (AvgIpc) is 3.04. The van der Waals surface area contributed by atoms with Crippen molar-refractivity contribution in [2.75, 3.05) is 4.90 Å². The highest BCUT2D eigenvalue weighted by molar-refractivity contribution is 5.75. The fraction of sp³-hybridized carbons (Fsp3) is 0.429. The van der Waals surface area contributed by atoms with Crippen LogP contribution in [0.3, 0.4) is 0 Å². The van der Waals surface area contributed by atoms with Crippen molar-refractivity contribution in [3.63, 3.8) is 0 Å². The predicted molar refractivity (Wildman–Crippen MR) is 72.4 cm³/mol. The molecule has 4 rings (SSSR count). The molecule has 1 N–H and O–H groups in total. The lowest BCUT2D eigenvalue weighted by atomic mass is 9.89. The normalized spacial score (nSPS) is 28.2. The molecule has 2 aliphatic rings. The lowest BCUT2D eigenvalue weighted by Gasteiger charge is -2.24. The summed E-state index contributed by atoms with van der Waals surface area (Å²) in [5.41, 5.74) is 1.38. The van der Waals surface area contributed by atoms with E-state index in [1.54, 1.807) is 12.4 Å². The molecule has 2 aromatic rings. The molecule has 2 bridgehead atoms. The molecule has 0 amide bonds. The molecule has 0 spiro atoms. The van der Waals surface area contributed by atoms with Crippen molar-refractivity contribution in [3.8, 4) is 0 Å².